The van der Waals surface area contributed by atoms with E-state index in [0.717, 1.165) is 5.56 Å². The monoisotopic (exact) mass is 435 g/mol. The average Bonchev–Trinajstić information content (AvgIpc) is 2.83. The van der Waals surface area contributed by atoms with Crippen LogP contribution in [0.15, 0.2) is 71.8 Å². The third-order valence-corrected chi connectivity index (χ3v) is 4.46. The summed E-state index contributed by atoms with van der Waals surface area (Å²) < 4.78 is 15.9. The number of nitro groups is 1. The van der Waals surface area contributed by atoms with E-state index in [-0.39, 0.29) is 12.3 Å². The van der Waals surface area contributed by atoms with Crippen molar-refractivity contribution in [1.82, 2.24) is 0 Å². The largest absolute Gasteiger partial charge is 0.493 e. The summed E-state index contributed by atoms with van der Waals surface area (Å²) in [4.78, 5) is 22.1. The van der Waals surface area contributed by atoms with Crippen LogP contribution in [-0.2, 0) is 11.3 Å². The van der Waals surface area contributed by atoms with E-state index < -0.39 is 10.9 Å². The standard InChI is InChI=1S/C23H21N3O6/c1-30-22-13-17(14-24-25-19-5-3-4-6-20(19)26(28)29)9-12-21(22)32-15-16-7-10-18(11-8-16)23(27)31-2/h3-14,25H,15H2,1-2H3/b24-14+. The number of anilines is 1. The average molecular weight is 435 g/mol. The van der Waals surface area contributed by atoms with Gasteiger partial charge in [0.25, 0.3) is 5.69 Å². The normalized spacial score (nSPS) is 10.6. The van der Waals surface area contributed by atoms with Gasteiger partial charge < -0.3 is 14.2 Å². The number of esters is 1. The number of hydrogen-bond donors (Lipinski definition) is 1. The van der Waals surface area contributed by atoms with E-state index in [1.165, 1.54) is 26.5 Å². The van der Waals surface area contributed by atoms with E-state index >= 15 is 0 Å². The number of nitro benzene ring substituents is 1. The fraction of sp³-hybridized carbons (Fsp3) is 0.130. The topological polar surface area (TPSA) is 112 Å². The number of hydrogen-bond acceptors (Lipinski definition) is 8. The molecule has 0 heterocycles. The fourth-order valence-corrected chi connectivity index (χ4v) is 2.80. The second-order valence-electron chi connectivity index (χ2n) is 6.53. The third kappa shape index (κ3) is 5.60. The third-order valence-electron chi connectivity index (χ3n) is 4.46. The maximum atomic E-state index is 11.5. The van der Waals surface area contributed by atoms with E-state index in [1.54, 1.807) is 60.7 Å². The molecule has 0 fully saturated rings. The van der Waals surface area contributed by atoms with E-state index in [9.17, 15) is 14.9 Å². The molecule has 3 aromatic rings. The van der Waals surface area contributed by atoms with Gasteiger partial charge in [0.05, 0.1) is 30.9 Å². The number of benzene rings is 3. The van der Waals surface area contributed by atoms with E-state index in [2.05, 4.69) is 15.3 Å². The lowest BCUT2D eigenvalue weighted by molar-refractivity contribution is -0.384. The first-order chi connectivity index (χ1) is 15.5. The van der Waals surface area contributed by atoms with Crippen LogP contribution >= 0.6 is 0 Å². The van der Waals surface area contributed by atoms with Gasteiger partial charge in [-0.15, -0.1) is 0 Å². The Kier molecular flexibility index (Phi) is 7.37. The predicted molar refractivity (Wildman–Crippen MR) is 119 cm³/mol. The molecule has 0 amide bonds. The van der Waals surface area contributed by atoms with Crippen LogP contribution in [0.3, 0.4) is 0 Å². The van der Waals surface area contributed by atoms with Crippen molar-refractivity contribution in [2.24, 2.45) is 5.10 Å². The van der Waals surface area contributed by atoms with Crippen LogP contribution in [0, 0.1) is 10.1 Å². The van der Waals surface area contributed by atoms with Crippen LogP contribution in [0.4, 0.5) is 11.4 Å². The van der Waals surface area contributed by atoms with Crippen LogP contribution < -0.4 is 14.9 Å². The zero-order valence-corrected chi connectivity index (χ0v) is 17.5. The molecule has 32 heavy (non-hydrogen) atoms. The van der Waals surface area contributed by atoms with Crippen molar-refractivity contribution in [3.05, 3.63) is 93.5 Å². The molecule has 0 unspecified atom stereocenters. The van der Waals surface area contributed by atoms with Crippen molar-refractivity contribution >= 4 is 23.6 Å². The fourth-order valence-electron chi connectivity index (χ4n) is 2.80. The van der Waals surface area contributed by atoms with Gasteiger partial charge in [0.15, 0.2) is 11.5 Å². The smallest absolute Gasteiger partial charge is 0.337 e. The molecule has 0 bridgehead atoms. The van der Waals surface area contributed by atoms with Crippen LogP contribution in [0.2, 0.25) is 0 Å². The van der Waals surface area contributed by atoms with Gasteiger partial charge in [0.1, 0.15) is 12.3 Å². The zero-order valence-electron chi connectivity index (χ0n) is 17.5. The molecule has 0 aromatic heterocycles. The molecule has 9 nitrogen and oxygen atoms in total. The quantitative estimate of drug-likeness (QED) is 0.229. The summed E-state index contributed by atoms with van der Waals surface area (Å²) in [6, 6.07) is 18.4. The Hall–Kier alpha value is -4.40. The minimum atomic E-state index is -0.476. The molecule has 3 rings (SSSR count). The van der Waals surface area contributed by atoms with Gasteiger partial charge in [-0.25, -0.2) is 4.79 Å². The van der Waals surface area contributed by atoms with Gasteiger partial charge in [-0.05, 0) is 47.5 Å². The number of nitrogens with one attached hydrogen (secondary N) is 1. The number of hydrazone groups is 1. The van der Waals surface area contributed by atoms with Gasteiger partial charge in [0, 0.05) is 6.07 Å². The summed E-state index contributed by atoms with van der Waals surface area (Å²) in [7, 11) is 2.86. The van der Waals surface area contributed by atoms with Crippen molar-refractivity contribution in [2.45, 2.75) is 6.61 Å². The molecular weight excluding hydrogens is 414 g/mol. The number of methoxy groups -OCH3 is 2. The van der Waals surface area contributed by atoms with Crippen molar-refractivity contribution in [3.8, 4) is 11.5 Å². The van der Waals surface area contributed by atoms with Crippen LogP contribution in [0.1, 0.15) is 21.5 Å². The highest BCUT2D eigenvalue weighted by atomic mass is 16.6. The minimum absolute atomic E-state index is 0.0643. The lowest BCUT2D eigenvalue weighted by Gasteiger charge is -2.11. The molecule has 0 saturated heterocycles. The molecule has 1 N–H and O–H groups in total. The van der Waals surface area contributed by atoms with Crippen molar-refractivity contribution in [3.63, 3.8) is 0 Å². The van der Waals surface area contributed by atoms with E-state index in [0.29, 0.717) is 28.3 Å². The Balaban J connectivity index is 1.65. The molecule has 0 spiro atoms. The molecule has 3 aromatic carbocycles. The van der Waals surface area contributed by atoms with Crippen LogP contribution in [-0.4, -0.2) is 31.3 Å². The number of ether oxygens (including phenoxy) is 3. The first-order valence-corrected chi connectivity index (χ1v) is 9.52. The first-order valence-electron chi connectivity index (χ1n) is 9.52. The second kappa shape index (κ2) is 10.6. The molecule has 0 aliphatic rings. The Bertz CT molecular complexity index is 1130. The predicted octanol–water partition coefficient (Wildman–Crippen LogP) is 4.42. The molecule has 0 saturated carbocycles. The maximum Gasteiger partial charge on any atom is 0.337 e. The van der Waals surface area contributed by atoms with Gasteiger partial charge in [-0.1, -0.05) is 24.3 Å². The molecule has 0 aliphatic carbocycles. The molecule has 0 aliphatic heterocycles. The zero-order chi connectivity index (χ0) is 22.9. The van der Waals surface area contributed by atoms with Crippen molar-refractivity contribution < 1.29 is 23.9 Å². The second-order valence-corrected chi connectivity index (χ2v) is 6.53. The Morgan fingerprint density at radius 2 is 1.81 bits per heavy atom. The summed E-state index contributed by atoms with van der Waals surface area (Å²) in [5.41, 5.74) is 4.96. The van der Waals surface area contributed by atoms with E-state index in [1.807, 2.05) is 0 Å². The lowest BCUT2D eigenvalue weighted by atomic mass is 10.1. The Morgan fingerprint density at radius 3 is 2.50 bits per heavy atom. The molecule has 0 radical (unpaired) electrons. The number of carbonyl (C=O) groups is 1. The maximum absolute atomic E-state index is 11.5. The highest BCUT2D eigenvalue weighted by molar-refractivity contribution is 5.89. The van der Waals surface area contributed by atoms with Gasteiger partial charge in [-0.3, -0.25) is 15.5 Å². The summed E-state index contributed by atoms with van der Waals surface area (Å²) in [6.45, 7) is 0.282. The molecule has 164 valence electrons. The van der Waals surface area contributed by atoms with Crippen LogP contribution in [0.25, 0.3) is 0 Å². The Labute approximate surface area is 184 Å². The number of para-hydroxylation sites is 2. The SMILES string of the molecule is COC(=O)c1ccc(COc2ccc(/C=N/Nc3ccccc3[N+](=O)[O-])cc2OC)cc1. The summed E-state index contributed by atoms with van der Waals surface area (Å²) in [5.74, 6) is 0.645. The molecular formula is C23H21N3O6. The van der Waals surface area contributed by atoms with Crippen molar-refractivity contribution in [1.29, 1.82) is 0 Å². The van der Waals surface area contributed by atoms with Crippen LogP contribution in [0.5, 0.6) is 11.5 Å². The summed E-state index contributed by atoms with van der Waals surface area (Å²) >= 11 is 0. The molecule has 0 atom stereocenters. The van der Waals surface area contributed by atoms with Gasteiger partial charge in [0.2, 0.25) is 0 Å². The van der Waals surface area contributed by atoms with Gasteiger partial charge >= 0.3 is 5.97 Å². The number of rotatable bonds is 9. The first kappa shape index (κ1) is 22.3. The van der Waals surface area contributed by atoms with Gasteiger partial charge in [-0.2, -0.15) is 5.10 Å². The summed E-state index contributed by atoms with van der Waals surface area (Å²) in [5, 5.41) is 15.1. The molecule has 9 heteroatoms. The summed E-state index contributed by atoms with van der Waals surface area (Å²) in [6.07, 6.45) is 1.52. The highest BCUT2D eigenvalue weighted by Gasteiger charge is 2.11. The highest BCUT2D eigenvalue weighted by Crippen LogP contribution is 2.28. The lowest BCUT2D eigenvalue weighted by Crippen LogP contribution is -2.02. The Morgan fingerprint density at radius 1 is 1.06 bits per heavy atom. The number of nitrogens with zero attached hydrogens (tertiary/aromatic N) is 2. The number of carbonyl (C=O) groups excluding carboxylic acids is 1. The minimum Gasteiger partial charge on any atom is -0.493 e. The van der Waals surface area contributed by atoms with Crippen molar-refractivity contribution in [2.75, 3.05) is 19.6 Å². The van der Waals surface area contributed by atoms with E-state index in [4.69, 9.17) is 9.47 Å².